The summed E-state index contributed by atoms with van der Waals surface area (Å²) < 4.78 is 36.4. The summed E-state index contributed by atoms with van der Waals surface area (Å²) in [7, 11) is 3.82. The highest BCUT2D eigenvalue weighted by atomic mass is 19.3. The summed E-state index contributed by atoms with van der Waals surface area (Å²) in [6.45, 7) is 6.11. The van der Waals surface area contributed by atoms with Gasteiger partial charge in [-0.15, -0.1) is 0 Å². The lowest BCUT2D eigenvalue weighted by Crippen LogP contribution is -2.59. The molecule has 0 spiro atoms. The van der Waals surface area contributed by atoms with Gasteiger partial charge < -0.3 is 31.3 Å². The molecule has 1 saturated carbocycles. The van der Waals surface area contributed by atoms with E-state index < -0.39 is 30.0 Å². The van der Waals surface area contributed by atoms with Crippen LogP contribution in [0.5, 0.6) is 0 Å². The maximum atomic E-state index is 13.9. The van der Waals surface area contributed by atoms with E-state index in [1.807, 2.05) is 30.0 Å². The van der Waals surface area contributed by atoms with E-state index in [1.54, 1.807) is 17.7 Å². The van der Waals surface area contributed by atoms with Crippen LogP contribution in [0, 0.1) is 5.92 Å². The van der Waals surface area contributed by atoms with Crippen molar-refractivity contribution in [3.05, 3.63) is 64.4 Å². The number of piperidine rings is 1. The summed E-state index contributed by atoms with van der Waals surface area (Å²) >= 11 is 0. The summed E-state index contributed by atoms with van der Waals surface area (Å²) in [4.78, 5) is 71.1. The van der Waals surface area contributed by atoms with Crippen molar-refractivity contribution in [2.24, 2.45) is 29.4 Å². The average molecular weight is 819 g/mol. The number of carbonyl (C=O) groups excluding carboxylic acids is 3. The molecule has 2 atom stereocenters. The zero-order chi connectivity index (χ0) is 42.0. The van der Waals surface area contributed by atoms with Crippen molar-refractivity contribution in [3.63, 3.8) is 0 Å². The van der Waals surface area contributed by atoms with Crippen molar-refractivity contribution >= 4 is 52.0 Å². The Morgan fingerprint density at radius 3 is 2.58 bits per heavy atom. The highest BCUT2D eigenvalue weighted by molar-refractivity contribution is 6.19. The average Bonchev–Trinajstić information content (AvgIpc) is 3.45. The number of aliphatic imine (C=N–C) groups is 1. The number of anilines is 2. The Bertz CT molecular complexity index is 2220. The molecule has 6 N–H and O–H groups in total. The number of allylic oxidation sites excluding steroid dienone is 2. The number of rotatable bonds is 12. The lowest BCUT2D eigenvalue weighted by molar-refractivity contribution is -0.135. The highest BCUT2D eigenvalue weighted by Crippen LogP contribution is 2.34. The Morgan fingerprint density at radius 2 is 1.88 bits per heavy atom. The van der Waals surface area contributed by atoms with Crippen molar-refractivity contribution in [1.29, 1.82) is 0 Å². The van der Waals surface area contributed by atoms with Gasteiger partial charge in [-0.25, -0.2) is 23.5 Å². The van der Waals surface area contributed by atoms with Crippen LogP contribution in [0.4, 0.5) is 20.3 Å². The number of imide groups is 1. The van der Waals surface area contributed by atoms with Gasteiger partial charge >= 0.3 is 5.69 Å². The third kappa shape index (κ3) is 8.85. The summed E-state index contributed by atoms with van der Waals surface area (Å²) in [6.07, 6.45) is 4.47. The maximum absolute atomic E-state index is 13.9. The van der Waals surface area contributed by atoms with E-state index in [2.05, 4.69) is 42.4 Å². The fourth-order valence-electron chi connectivity index (χ4n) is 8.47. The summed E-state index contributed by atoms with van der Waals surface area (Å²) in [5, 5.41) is 4.83. The van der Waals surface area contributed by atoms with E-state index in [9.17, 15) is 28.0 Å². The number of hydrogen-bond acceptors (Lipinski definition) is 13. The molecule has 1 unspecified atom stereocenters. The smallest absolute Gasteiger partial charge is 0.329 e. The van der Waals surface area contributed by atoms with Crippen LogP contribution in [0.25, 0.3) is 16.6 Å². The Balaban J connectivity index is 0.926. The van der Waals surface area contributed by atoms with Gasteiger partial charge in [0.05, 0.1) is 46.7 Å². The number of aryl methyl sites for hydroxylation is 1. The SMILES string of the molecule is C[C@H]1CN(c2ccnc(/C(=C\N)C(=O)N/C(C=NC3CCC(CN(C)C4CN(c5cccc6c5n(C)c(=O)n6C5CCC(=O)NC5=O)C4)CC3)=C(/N)C(F)F)n2)CCO1. The number of carbonyl (C=O) groups is 3. The number of aromatic nitrogens is 4. The molecule has 5 heterocycles. The first kappa shape index (κ1) is 41.5. The maximum Gasteiger partial charge on any atom is 0.329 e. The molecule has 0 bridgehead atoms. The topological polar surface area (TPSA) is 211 Å². The Labute approximate surface area is 340 Å². The van der Waals surface area contributed by atoms with Gasteiger partial charge in [0.25, 0.3) is 12.3 Å². The van der Waals surface area contributed by atoms with Gasteiger partial charge in [0, 0.05) is 70.8 Å². The van der Waals surface area contributed by atoms with Crippen molar-refractivity contribution in [1.82, 2.24) is 34.6 Å². The van der Waals surface area contributed by atoms with Crippen LogP contribution < -0.4 is 37.6 Å². The standard InChI is InChI=1S/C40H52F2N12O5/c1-23-19-52(15-16-59-23)32-13-14-45-37(48-32)27(17-43)38(56)47-28(34(44)36(41)42)18-46-25-9-7-24(8-10-25)20-50(2)26-21-53(22-26)29-5-4-6-30-35(29)51(3)40(58)54(30)31-11-12-33(55)49-39(31)57/h4-6,13-14,17-18,23-26,31,36H,7-12,15-16,19-22,43-44H2,1-3H3,(H,47,56)(H,49,55,57)/b27-17+,34-28+,46-18?/t23-,24?,25?,31?/m0/s1. The van der Waals surface area contributed by atoms with E-state index >= 15 is 0 Å². The number of morpholine rings is 1. The van der Waals surface area contributed by atoms with Gasteiger partial charge in [-0.05, 0) is 70.2 Å². The number of imidazole rings is 1. The molecule has 3 amide bonds. The fourth-order valence-corrected chi connectivity index (χ4v) is 8.47. The molecular formula is C40H52F2N12O5. The number of likely N-dealkylation sites (N-methyl/N-ethyl adjacent to an activating group) is 1. The van der Waals surface area contributed by atoms with Crippen LogP contribution in [-0.4, -0.2) is 119 Å². The van der Waals surface area contributed by atoms with Crippen molar-refractivity contribution in [2.75, 3.05) is 56.2 Å². The first-order chi connectivity index (χ1) is 28.3. The number of nitrogens with zero attached hydrogens (tertiary/aromatic N) is 8. The number of hydrogen-bond donors (Lipinski definition) is 4. The van der Waals surface area contributed by atoms with Crippen molar-refractivity contribution in [2.45, 2.75) is 76.1 Å². The van der Waals surface area contributed by atoms with Crippen LogP contribution in [-0.2, 0) is 26.2 Å². The molecule has 3 aromatic rings. The van der Waals surface area contributed by atoms with E-state index in [-0.39, 0.29) is 53.7 Å². The number of nitrogens with two attached hydrogens (primary N) is 2. The lowest BCUT2D eigenvalue weighted by Gasteiger charge is -2.46. The predicted molar refractivity (Wildman–Crippen MR) is 219 cm³/mol. The van der Waals surface area contributed by atoms with Crippen LogP contribution >= 0.6 is 0 Å². The number of halogens is 2. The zero-order valence-electron chi connectivity index (χ0n) is 33.5. The first-order valence-corrected chi connectivity index (χ1v) is 20.1. The second kappa shape index (κ2) is 17.7. The molecule has 316 valence electrons. The molecule has 3 saturated heterocycles. The predicted octanol–water partition coefficient (Wildman–Crippen LogP) is 1.63. The largest absolute Gasteiger partial charge is 0.404 e. The van der Waals surface area contributed by atoms with Crippen LogP contribution in [0.2, 0.25) is 0 Å². The molecule has 0 radical (unpaired) electrons. The molecule has 1 aromatic carbocycles. The van der Waals surface area contributed by atoms with Crippen molar-refractivity contribution in [3.8, 4) is 0 Å². The number of amides is 3. The van der Waals surface area contributed by atoms with E-state index in [0.29, 0.717) is 43.0 Å². The Kier molecular flexibility index (Phi) is 12.4. The van der Waals surface area contributed by atoms with Crippen LogP contribution in [0.1, 0.15) is 57.3 Å². The number of benzene rings is 1. The van der Waals surface area contributed by atoms with Gasteiger partial charge in [0.2, 0.25) is 11.8 Å². The van der Waals surface area contributed by atoms with E-state index in [4.69, 9.17) is 16.2 Å². The molecule has 4 aliphatic rings. The van der Waals surface area contributed by atoms with Gasteiger partial charge in [0.15, 0.2) is 5.82 Å². The number of para-hydroxylation sites is 1. The minimum absolute atomic E-state index is 0.000165. The fraction of sp³-hybridized carbons (Fsp3) is 0.525. The molecule has 59 heavy (non-hydrogen) atoms. The normalized spacial score (nSPS) is 23.9. The van der Waals surface area contributed by atoms with Crippen LogP contribution in [0.15, 0.2) is 57.8 Å². The third-order valence-corrected chi connectivity index (χ3v) is 11.9. The molecule has 1 aliphatic carbocycles. The number of nitrogens with one attached hydrogen (secondary N) is 2. The molecule has 17 nitrogen and oxygen atoms in total. The van der Waals surface area contributed by atoms with Crippen LogP contribution in [0.3, 0.4) is 0 Å². The molecule has 4 fully saturated rings. The van der Waals surface area contributed by atoms with Crippen molar-refractivity contribution < 1.29 is 27.9 Å². The second-order valence-electron chi connectivity index (χ2n) is 15.8. The second-order valence-corrected chi connectivity index (χ2v) is 15.8. The minimum Gasteiger partial charge on any atom is -0.404 e. The minimum atomic E-state index is -3.03. The number of fused-ring (bicyclic) bond motifs is 1. The Hall–Kier alpha value is -5.69. The molecular weight excluding hydrogens is 767 g/mol. The lowest BCUT2D eigenvalue weighted by atomic mass is 9.85. The quantitative estimate of drug-likeness (QED) is 0.117. The summed E-state index contributed by atoms with van der Waals surface area (Å²) in [6, 6.07) is 6.86. The van der Waals surface area contributed by atoms with Gasteiger partial charge in [-0.2, -0.15) is 0 Å². The molecule has 7 rings (SSSR count). The third-order valence-electron chi connectivity index (χ3n) is 11.9. The monoisotopic (exact) mass is 818 g/mol. The molecule has 3 aliphatic heterocycles. The molecule has 19 heteroatoms. The van der Waals surface area contributed by atoms with Gasteiger partial charge in [-0.3, -0.25) is 38.7 Å². The highest BCUT2D eigenvalue weighted by Gasteiger charge is 2.36. The van der Waals surface area contributed by atoms with Gasteiger partial charge in [0.1, 0.15) is 17.6 Å². The number of ether oxygens (including phenoxy) is 1. The molecule has 2 aromatic heterocycles. The van der Waals surface area contributed by atoms with Gasteiger partial charge in [-0.1, -0.05) is 6.07 Å². The number of alkyl halides is 2. The Morgan fingerprint density at radius 1 is 1.12 bits per heavy atom. The summed E-state index contributed by atoms with van der Waals surface area (Å²) in [5.74, 6) is -0.542. The van der Waals surface area contributed by atoms with E-state index in [1.165, 1.54) is 17.0 Å². The zero-order valence-corrected chi connectivity index (χ0v) is 33.5. The van der Waals surface area contributed by atoms with E-state index in [0.717, 1.165) is 62.7 Å². The summed E-state index contributed by atoms with van der Waals surface area (Å²) in [5.41, 5.74) is 12.4. The first-order valence-electron chi connectivity index (χ1n) is 20.1.